The van der Waals surface area contributed by atoms with Crippen LogP contribution in [-0.4, -0.2) is 55.9 Å². The van der Waals surface area contributed by atoms with Crippen molar-refractivity contribution in [1.82, 2.24) is 15.5 Å². The van der Waals surface area contributed by atoms with Crippen LogP contribution in [0.25, 0.3) is 0 Å². The summed E-state index contributed by atoms with van der Waals surface area (Å²) in [6, 6.07) is 5.44. The molecule has 1 aromatic rings. The number of piperidine rings is 2. The fourth-order valence-corrected chi connectivity index (χ4v) is 4.97. The van der Waals surface area contributed by atoms with Crippen molar-refractivity contribution >= 4 is 40.6 Å². The van der Waals surface area contributed by atoms with Crippen molar-refractivity contribution in [1.29, 1.82) is 0 Å². The number of carbonyl (C=O) groups is 1. The van der Waals surface area contributed by atoms with Gasteiger partial charge in [0.25, 0.3) is 0 Å². The molecule has 3 heterocycles. The van der Waals surface area contributed by atoms with E-state index in [0.717, 1.165) is 50.2 Å². The van der Waals surface area contributed by atoms with Gasteiger partial charge in [0.2, 0.25) is 5.91 Å². The number of carbonyl (C=O) groups excluding carboxylic acids is 1. The molecule has 3 aliphatic rings. The second-order valence-electron chi connectivity index (χ2n) is 8.27. The number of nitrogens with one attached hydrogen (secondary N) is 2. The molecule has 2 saturated heterocycles. The zero-order valence-electron chi connectivity index (χ0n) is 16.7. The molecular formula is C21H29Cl2N5O. The van der Waals surface area contributed by atoms with Gasteiger partial charge in [-0.3, -0.25) is 14.7 Å². The lowest BCUT2D eigenvalue weighted by Crippen LogP contribution is -2.44. The van der Waals surface area contributed by atoms with Crippen molar-refractivity contribution in [3.05, 3.63) is 28.2 Å². The zero-order chi connectivity index (χ0) is 20.2. The smallest absolute Gasteiger partial charge is 0.239 e. The van der Waals surface area contributed by atoms with Crippen molar-refractivity contribution in [2.75, 3.05) is 44.3 Å². The first-order chi connectivity index (χ1) is 14.1. The van der Waals surface area contributed by atoms with E-state index in [1.54, 1.807) is 12.1 Å². The van der Waals surface area contributed by atoms with Crippen LogP contribution in [0.15, 0.2) is 23.3 Å². The van der Waals surface area contributed by atoms with E-state index >= 15 is 0 Å². The van der Waals surface area contributed by atoms with Gasteiger partial charge in [0.15, 0.2) is 0 Å². The monoisotopic (exact) mass is 437 g/mol. The van der Waals surface area contributed by atoms with E-state index in [2.05, 4.69) is 20.6 Å². The minimum absolute atomic E-state index is 0.0278. The Kier molecular flexibility index (Phi) is 6.96. The number of amidine groups is 1. The first-order valence-electron chi connectivity index (χ1n) is 10.6. The fourth-order valence-electron chi connectivity index (χ4n) is 4.68. The predicted molar refractivity (Wildman–Crippen MR) is 119 cm³/mol. The molecule has 0 bridgehead atoms. The van der Waals surface area contributed by atoms with Gasteiger partial charge in [-0.15, -0.1) is 0 Å². The number of nitrogens with zero attached hydrogens (tertiary/aromatic N) is 3. The van der Waals surface area contributed by atoms with Gasteiger partial charge in [0.05, 0.1) is 22.3 Å². The van der Waals surface area contributed by atoms with E-state index in [1.165, 1.54) is 25.7 Å². The van der Waals surface area contributed by atoms with Crippen molar-refractivity contribution < 1.29 is 4.79 Å². The highest BCUT2D eigenvalue weighted by Gasteiger charge is 2.28. The van der Waals surface area contributed by atoms with Crippen molar-refractivity contribution in [2.45, 2.75) is 32.1 Å². The third kappa shape index (κ3) is 5.43. The van der Waals surface area contributed by atoms with Crippen molar-refractivity contribution in [3.8, 4) is 0 Å². The Balaban J connectivity index is 1.23. The fraction of sp³-hybridized carbons (Fsp3) is 0.619. The average molecular weight is 438 g/mol. The van der Waals surface area contributed by atoms with Crippen LogP contribution in [0.5, 0.6) is 0 Å². The molecule has 0 aromatic heterocycles. The van der Waals surface area contributed by atoms with Crippen LogP contribution in [0.2, 0.25) is 10.0 Å². The maximum Gasteiger partial charge on any atom is 0.239 e. The highest BCUT2D eigenvalue weighted by Crippen LogP contribution is 2.31. The Hall–Kier alpha value is -1.34. The SMILES string of the molecule is O=C(CN1CCC(C2CCNCC2)CC1)NC1=NN(c2ccc(Cl)c(Cl)c2)CC1. The number of hydrazone groups is 1. The molecule has 158 valence electrons. The minimum atomic E-state index is 0.0278. The molecular weight excluding hydrogens is 409 g/mol. The number of hydrogen-bond donors (Lipinski definition) is 2. The van der Waals surface area contributed by atoms with Gasteiger partial charge in [-0.2, -0.15) is 5.10 Å². The lowest BCUT2D eigenvalue weighted by molar-refractivity contribution is -0.121. The first-order valence-corrected chi connectivity index (χ1v) is 11.4. The van der Waals surface area contributed by atoms with Crippen LogP contribution in [0.3, 0.4) is 0 Å². The van der Waals surface area contributed by atoms with Gasteiger partial charge >= 0.3 is 0 Å². The molecule has 2 fully saturated rings. The molecule has 8 heteroatoms. The van der Waals surface area contributed by atoms with Crippen LogP contribution in [-0.2, 0) is 4.79 Å². The summed E-state index contributed by atoms with van der Waals surface area (Å²) in [4.78, 5) is 14.8. The maximum atomic E-state index is 12.5. The Morgan fingerprint density at radius 2 is 1.79 bits per heavy atom. The summed E-state index contributed by atoms with van der Waals surface area (Å²) in [6.45, 7) is 5.52. The molecule has 3 aliphatic heterocycles. The Bertz CT molecular complexity index is 757. The molecule has 0 radical (unpaired) electrons. The van der Waals surface area contributed by atoms with Crippen molar-refractivity contribution in [2.24, 2.45) is 16.9 Å². The second-order valence-corrected chi connectivity index (χ2v) is 9.08. The first kappa shape index (κ1) is 20.9. The van der Waals surface area contributed by atoms with Crippen LogP contribution >= 0.6 is 23.2 Å². The summed E-state index contributed by atoms with van der Waals surface area (Å²) in [5.74, 6) is 2.44. The Morgan fingerprint density at radius 1 is 1.07 bits per heavy atom. The highest BCUT2D eigenvalue weighted by molar-refractivity contribution is 6.42. The van der Waals surface area contributed by atoms with Gasteiger partial charge in [0.1, 0.15) is 5.84 Å². The van der Waals surface area contributed by atoms with Gasteiger partial charge in [-0.05, 0) is 81.9 Å². The quantitative estimate of drug-likeness (QED) is 0.757. The third-order valence-electron chi connectivity index (χ3n) is 6.34. The van der Waals surface area contributed by atoms with Crippen LogP contribution in [0.1, 0.15) is 32.1 Å². The third-order valence-corrected chi connectivity index (χ3v) is 7.08. The number of rotatable bonds is 4. The molecule has 0 saturated carbocycles. The second kappa shape index (κ2) is 9.65. The summed E-state index contributed by atoms with van der Waals surface area (Å²) in [5.41, 5.74) is 0.878. The summed E-state index contributed by atoms with van der Waals surface area (Å²) in [6.07, 6.45) is 5.75. The molecule has 29 heavy (non-hydrogen) atoms. The Labute approximate surface area is 182 Å². The molecule has 1 aromatic carbocycles. The van der Waals surface area contributed by atoms with Gasteiger partial charge < -0.3 is 10.6 Å². The number of halogens is 2. The molecule has 1 amide bonds. The lowest BCUT2D eigenvalue weighted by atomic mass is 9.79. The summed E-state index contributed by atoms with van der Waals surface area (Å²) in [5, 5.41) is 13.8. The molecule has 4 rings (SSSR count). The van der Waals surface area contributed by atoms with E-state index in [4.69, 9.17) is 23.2 Å². The minimum Gasteiger partial charge on any atom is -0.317 e. The van der Waals surface area contributed by atoms with Crippen LogP contribution in [0, 0.1) is 11.8 Å². The topological polar surface area (TPSA) is 60.0 Å². The van der Waals surface area contributed by atoms with E-state index in [0.29, 0.717) is 28.8 Å². The summed E-state index contributed by atoms with van der Waals surface area (Å²) < 4.78 is 0. The normalized spacial score (nSPS) is 22.0. The van der Waals surface area contributed by atoms with Crippen molar-refractivity contribution in [3.63, 3.8) is 0 Å². The molecule has 0 spiro atoms. The highest BCUT2D eigenvalue weighted by atomic mass is 35.5. The molecule has 0 aliphatic carbocycles. The van der Waals surface area contributed by atoms with E-state index in [9.17, 15) is 4.79 Å². The van der Waals surface area contributed by atoms with E-state index in [-0.39, 0.29) is 5.91 Å². The molecule has 2 N–H and O–H groups in total. The number of hydrogen-bond acceptors (Lipinski definition) is 5. The number of anilines is 1. The molecule has 0 atom stereocenters. The largest absolute Gasteiger partial charge is 0.317 e. The summed E-state index contributed by atoms with van der Waals surface area (Å²) in [7, 11) is 0. The van der Waals surface area contributed by atoms with Crippen LogP contribution < -0.4 is 15.6 Å². The zero-order valence-corrected chi connectivity index (χ0v) is 18.2. The Morgan fingerprint density at radius 3 is 2.52 bits per heavy atom. The average Bonchev–Trinajstić information content (AvgIpc) is 3.19. The summed E-state index contributed by atoms with van der Waals surface area (Å²) >= 11 is 12.1. The maximum absolute atomic E-state index is 12.5. The van der Waals surface area contributed by atoms with Gasteiger partial charge in [0, 0.05) is 13.0 Å². The standard InChI is InChI=1S/C21H29Cl2N5O/c22-18-2-1-17(13-19(18)23)28-12-7-20(26-28)25-21(29)14-27-10-5-16(6-11-27)15-3-8-24-9-4-15/h1-2,13,15-16,24H,3-12,14H2,(H,25,26,29). The lowest BCUT2D eigenvalue weighted by Gasteiger charge is -2.37. The number of likely N-dealkylation sites (tertiary alicyclic amines) is 1. The van der Waals surface area contributed by atoms with Gasteiger partial charge in [-0.1, -0.05) is 23.2 Å². The number of amides is 1. The number of benzene rings is 1. The van der Waals surface area contributed by atoms with Crippen LogP contribution in [0.4, 0.5) is 5.69 Å². The van der Waals surface area contributed by atoms with E-state index in [1.807, 2.05) is 11.1 Å². The van der Waals surface area contributed by atoms with Gasteiger partial charge in [-0.25, -0.2) is 0 Å². The predicted octanol–water partition coefficient (Wildman–Crippen LogP) is 3.34. The van der Waals surface area contributed by atoms with E-state index < -0.39 is 0 Å². The molecule has 6 nitrogen and oxygen atoms in total. The molecule has 0 unspecified atom stereocenters.